The number of piperidine rings is 1. The average Bonchev–Trinajstić information content (AvgIpc) is 3.09. The van der Waals surface area contributed by atoms with Crippen molar-refractivity contribution < 1.29 is 4.79 Å². The highest BCUT2D eigenvalue weighted by molar-refractivity contribution is 7.15. The van der Waals surface area contributed by atoms with Gasteiger partial charge in [0.15, 0.2) is 4.96 Å². The van der Waals surface area contributed by atoms with Gasteiger partial charge in [0, 0.05) is 48.5 Å². The molecule has 3 aromatic heterocycles. The maximum Gasteiger partial charge on any atom is 0.274 e. The van der Waals surface area contributed by atoms with Gasteiger partial charge in [0.1, 0.15) is 11.5 Å². The molecular weight excluding hydrogens is 338 g/mol. The fourth-order valence-electron chi connectivity index (χ4n) is 3.26. The third-order valence-electron chi connectivity index (χ3n) is 4.53. The number of thiazole rings is 1. The van der Waals surface area contributed by atoms with E-state index in [1.165, 1.54) is 17.4 Å². The maximum atomic E-state index is 12.9. The molecule has 0 bridgehead atoms. The second kappa shape index (κ2) is 6.36. The van der Waals surface area contributed by atoms with Gasteiger partial charge in [-0.1, -0.05) is 0 Å². The third kappa shape index (κ3) is 3.05. The second-order valence-electron chi connectivity index (χ2n) is 6.13. The number of fused-ring (bicyclic) bond motifs is 1. The lowest BCUT2D eigenvalue weighted by Crippen LogP contribution is -2.39. The van der Waals surface area contributed by atoms with Crippen molar-refractivity contribution in [3.63, 3.8) is 0 Å². The van der Waals surface area contributed by atoms with Crippen molar-refractivity contribution in [1.29, 1.82) is 0 Å². The molecule has 0 aliphatic carbocycles. The standard InChI is InChI=1S/C17H17N5O2S/c1-11-18-5-2-13(19-11)12-3-6-21(7-4-12)16(24)14-10-15(23)20-17-22(14)8-9-25-17/h2,5,8-10,12H,3-4,6-7H2,1H3. The van der Waals surface area contributed by atoms with Gasteiger partial charge in [-0.3, -0.25) is 14.0 Å². The van der Waals surface area contributed by atoms with Crippen LogP contribution in [0.4, 0.5) is 0 Å². The first-order valence-electron chi connectivity index (χ1n) is 8.17. The minimum absolute atomic E-state index is 0.120. The van der Waals surface area contributed by atoms with E-state index in [4.69, 9.17) is 0 Å². The summed E-state index contributed by atoms with van der Waals surface area (Å²) in [4.78, 5) is 39.6. The van der Waals surface area contributed by atoms with Crippen LogP contribution in [0.15, 0.2) is 34.7 Å². The Morgan fingerprint density at radius 1 is 1.28 bits per heavy atom. The van der Waals surface area contributed by atoms with Crippen molar-refractivity contribution in [2.75, 3.05) is 13.1 Å². The Hall–Kier alpha value is -2.61. The van der Waals surface area contributed by atoms with E-state index < -0.39 is 0 Å². The van der Waals surface area contributed by atoms with Gasteiger partial charge in [-0.25, -0.2) is 9.97 Å². The predicted octanol–water partition coefficient (Wildman–Crippen LogP) is 1.87. The molecule has 1 saturated heterocycles. The first kappa shape index (κ1) is 15.9. The van der Waals surface area contributed by atoms with Gasteiger partial charge in [-0.2, -0.15) is 4.98 Å². The molecule has 0 N–H and O–H groups in total. The van der Waals surface area contributed by atoms with Crippen molar-refractivity contribution >= 4 is 22.2 Å². The van der Waals surface area contributed by atoms with Crippen LogP contribution in [0.25, 0.3) is 4.96 Å². The van der Waals surface area contributed by atoms with Crippen LogP contribution >= 0.6 is 11.3 Å². The molecule has 1 fully saturated rings. The molecule has 0 unspecified atom stereocenters. The zero-order chi connectivity index (χ0) is 17.4. The van der Waals surface area contributed by atoms with E-state index in [1.807, 2.05) is 23.3 Å². The number of carbonyl (C=O) groups is 1. The zero-order valence-corrected chi connectivity index (χ0v) is 14.6. The molecule has 8 heteroatoms. The number of rotatable bonds is 2. The molecule has 4 heterocycles. The highest BCUT2D eigenvalue weighted by Gasteiger charge is 2.27. The summed E-state index contributed by atoms with van der Waals surface area (Å²) in [6.07, 6.45) is 5.27. The molecule has 0 radical (unpaired) electrons. The number of amides is 1. The Morgan fingerprint density at radius 3 is 2.84 bits per heavy atom. The van der Waals surface area contributed by atoms with Gasteiger partial charge >= 0.3 is 0 Å². The third-order valence-corrected chi connectivity index (χ3v) is 5.29. The lowest BCUT2D eigenvalue weighted by molar-refractivity contribution is 0.0704. The molecule has 0 saturated carbocycles. The van der Waals surface area contributed by atoms with E-state index >= 15 is 0 Å². The highest BCUT2D eigenvalue weighted by atomic mass is 32.1. The molecule has 1 amide bonds. The largest absolute Gasteiger partial charge is 0.337 e. The highest BCUT2D eigenvalue weighted by Crippen LogP contribution is 2.27. The van der Waals surface area contributed by atoms with Gasteiger partial charge in [0.05, 0.1) is 0 Å². The van der Waals surface area contributed by atoms with Gasteiger partial charge in [0.25, 0.3) is 11.5 Å². The molecule has 1 aliphatic heterocycles. The van der Waals surface area contributed by atoms with Crippen molar-refractivity contribution in [3.8, 4) is 0 Å². The summed E-state index contributed by atoms with van der Waals surface area (Å²) in [5.41, 5.74) is 1.05. The van der Waals surface area contributed by atoms with Crippen molar-refractivity contribution in [1.82, 2.24) is 24.3 Å². The molecule has 0 aromatic carbocycles. The van der Waals surface area contributed by atoms with E-state index in [0.29, 0.717) is 29.7 Å². The van der Waals surface area contributed by atoms with Crippen LogP contribution in [0.3, 0.4) is 0 Å². The smallest absolute Gasteiger partial charge is 0.274 e. The number of carbonyl (C=O) groups excluding carboxylic acids is 1. The van der Waals surface area contributed by atoms with Crippen LogP contribution < -0.4 is 5.56 Å². The Kier molecular flexibility index (Phi) is 4.04. The lowest BCUT2D eigenvalue weighted by atomic mass is 9.93. The van der Waals surface area contributed by atoms with Crippen LogP contribution in [0.2, 0.25) is 0 Å². The normalized spacial score (nSPS) is 15.6. The van der Waals surface area contributed by atoms with Crippen LogP contribution in [0.5, 0.6) is 0 Å². The zero-order valence-electron chi connectivity index (χ0n) is 13.8. The molecule has 7 nitrogen and oxygen atoms in total. The number of aryl methyl sites for hydroxylation is 1. The first-order valence-corrected chi connectivity index (χ1v) is 9.05. The SMILES string of the molecule is Cc1nccc(C2CCN(C(=O)c3cc(=O)nc4sccn34)CC2)n1. The first-order chi connectivity index (χ1) is 12.1. The van der Waals surface area contributed by atoms with E-state index in [2.05, 4.69) is 15.0 Å². The number of likely N-dealkylation sites (tertiary alicyclic amines) is 1. The van der Waals surface area contributed by atoms with E-state index in [1.54, 1.807) is 16.8 Å². The van der Waals surface area contributed by atoms with E-state index in [9.17, 15) is 9.59 Å². The summed E-state index contributed by atoms with van der Waals surface area (Å²) in [6.45, 7) is 3.18. The number of nitrogens with zero attached hydrogens (tertiary/aromatic N) is 5. The van der Waals surface area contributed by atoms with Gasteiger partial charge < -0.3 is 4.90 Å². The number of hydrogen-bond acceptors (Lipinski definition) is 6. The molecule has 4 rings (SSSR count). The van der Waals surface area contributed by atoms with Crippen molar-refractivity contribution in [2.24, 2.45) is 0 Å². The molecular formula is C17H17N5O2S. The second-order valence-corrected chi connectivity index (χ2v) is 7.00. The van der Waals surface area contributed by atoms with Gasteiger partial charge in [-0.05, 0) is 25.8 Å². The molecule has 25 heavy (non-hydrogen) atoms. The minimum atomic E-state index is -0.378. The van der Waals surface area contributed by atoms with Crippen molar-refractivity contribution in [2.45, 2.75) is 25.7 Å². The molecule has 1 aliphatic rings. The number of aromatic nitrogens is 4. The summed E-state index contributed by atoms with van der Waals surface area (Å²) >= 11 is 1.35. The molecule has 0 spiro atoms. The summed E-state index contributed by atoms with van der Waals surface area (Å²) in [6, 6.07) is 3.27. The van der Waals surface area contributed by atoms with Crippen LogP contribution in [-0.4, -0.2) is 43.2 Å². The van der Waals surface area contributed by atoms with Gasteiger partial charge in [-0.15, -0.1) is 11.3 Å². The Morgan fingerprint density at radius 2 is 2.08 bits per heavy atom. The fraction of sp³-hybridized carbons (Fsp3) is 0.353. The van der Waals surface area contributed by atoms with Crippen LogP contribution in [-0.2, 0) is 0 Å². The lowest BCUT2D eigenvalue weighted by Gasteiger charge is -2.31. The Balaban J connectivity index is 1.53. The van der Waals surface area contributed by atoms with Crippen molar-refractivity contribution in [3.05, 3.63) is 57.5 Å². The quantitative estimate of drug-likeness (QED) is 0.701. The summed E-state index contributed by atoms with van der Waals surface area (Å²) in [5.74, 6) is 0.990. The molecule has 3 aromatic rings. The van der Waals surface area contributed by atoms with Gasteiger partial charge in [0.2, 0.25) is 0 Å². The predicted molar refractivity (Wildman–Crippen MR) is 94.0 cm³/mol. The Bertz CT molecular complexity index is 988. The summed E-state index contributed by atoms with van der Waals surface area (Å²) in [7, 11) is 0. The van der Waals surface area contributed by atoms with E-state index in [0.717, 1.165) is 24.4 Å². The van der Waals surface area contributed by atoms with Crippen LogP contribution in [0, 0.1) is 6.92 Å². The monoisotopic (exact) mass is 355 g/mol. The fourth-order valence-corrected chi connectivity index (χ4v) is 3.98. The average molecular weight is 355 g/mol. The maximum absolute atomic E-state index is 12.9. The van der Waals surface area contributed by atoms with E-state index in [-0.39, 0.29) is 11.5 Å². The minimum Gasteiger partial charge on any atom is -0.337 e. The summed E-state index contributed by atoms with van der Waals surface area (Å²) in [5, 5.41) is 1.82. The number of hydrogen-bond donors (Lipinski definition) is 0. The van der Waals surface area contributed by atoms with Crippen LogP contribution in [0.1, 0.15) is 40.8 Å². The molecule has 128 valence electrons. The topological polar surface area (TPSA) is 80.5 Å². The molecule has 0 atom stereocenters. The summed E-state index contributed by atoms with van der Waals surface area (Å²) < 4.78 is 1.69. The Labute approximate surface area is 148 Å².